The monoisotopic (exact) mass is 171 g/mol. The lowest BCUT2D eigenvalue weighted by molar-refractivity contribution is 0.713. The first-order chi connectivity index (χ1) is 5.27. The van der Waals surface area contributed by atoms with Crippen LogP contribution in [0.25, 0.3) is 0 Å². The molecule has 2 N–H and O–H groups in total. The van der Waals surface area contributed by atoms with Gasteiger partial charge in [-0.05, 0) is 6.42 Å². The fraction of sp³-hybridized carbons (Fsp3) is 0.714. The molecule has 1 rings (SSSR count). The lowest BCUT2D eigenvalue weighted by Gasteiger charge is -1.99. The first-order valence-corrected chi connectivity index (χ1v) is 4.62. The van der Waals surface area contributed by atoms with Gasteiger partial charge < -0.3 is 5.73 Å². The van der Waals surface area contributed by atoms with Crippen molar-refractivity contribution in [2.45, 2.75) is 32.7 Å². The molecule has 1 unspecified atom stereocenters. The standard InChI is InChI=1S/C7H13N3S/c1-3-5(2)7-10-9-6(4-8)11-7/h5H,3-4,8H2,1-2H3. The molecule has 3 nitrogen and oxygen atoms in total. The highest BCUT2D eigenvalue weighted by molar-refractivity contribution is 7.11. The lowest BCUT2D eigenvalue weighted by atomic mass is 10.1. The van der Waals surface area contributed by atoms with Crippen LogP contribution in [0.1, 0.15) is 36.2 Å². The second-order valence-electron chi connectivity index (χ2n) is 2.55. The molecule has 0 aromatic carbocycles. The molecule has 4 heteroatoms. The highest BCUT2D eigenvalue weighted by atomic mass is 32.1. The zero-order valence-corrected chi connectivity index (χ0v) is 7.69. The maximum atomic E-state index is 5.41. The van der Waals surface area contributed by atoms with Gasteiger partial charge in [0.25, 0.3) is 0 Å². The van der Waals surface area contributed by atoms with Crippen LogP contribution in [0.4, 0.5) is 0 Å². The summed E-state index contributed by atoms with van der Waals surface area (Å²) in [5.74, 6) is 0.521. The van der Waals surface area contributed by atoms with E-state index in [9.17, 15) is 0 Å². The SMILES string of the molecule is CCC(C)c1nnc(CN)s1. The summed E-state index contributed by atoms with van der Waals surface area (Å²) >= 11 is 1.62. The number of rotatable bonds is 3. The average Bonchev–Trinajstić information content (AvgIpc) is 2.50. The third kappa shape index (κ3) is 1.97. The van der Waals surface area contributed by atoms with Crippen molar-refractivity contribution in [3.63, 3.8) is 0 Å². The molecule has 0 bridgehead atoms. The number of aromatic nitrogens is 2. The smallest absolute Gasteiger partial charge is 0.131 e. The van der Waals surface area contributed by atoms with Crippen molar-refractivity contribution in [3.8, 4) is 0 Å². The summed E-state index contributed by atoms with van der Waals surface area (Å²) in [7, 11) is 0. The van der Waals surface area contributed by atoms with E-state index in [-0.39, 0.29) is 0 Å². The molecule has 1 aromatic heterocycles. The molecule has 0 fully saturated rings. The lowest BCUT2D eigenvalue weighted by Crippen LogP contribution is -1.94. The van der Waals surface area contributed by atoms with Gasteiger partial charge in [0.05, 0.1) is 0 Å². The quantitative estimate of drug-likeness (QED) is 0.750. The topological polar surface area (TPSA) is 51.8 Å². The molecule has 0 aliphatic heterocycles. The third-order valence-electron chi connectivity index (χ3n) is 1.69. The van der Waals surface area contributed by atoms with Gasteiger partial charge in [0.2, 0.25) is 0 Å². The van der Waals surface area contributed by atoms with Crippen LogP contribution in [0.5, 0.6) is 0 Å². The van der Waals surface area contributed by atoms with E-state index in [4.69, 9.17) is 5.73 Å². The Morgan fingerprint density at radius 1 is 1.55 bits per heavy atom. The number of hydrogen-bond donors (Lipinski definition) is 1. The maximum Gasteiger partial charge on any atom is 0.131 e. The Bertz CT molecular complexity index is 221. The Morgan fingerprint density at radius 2 is 2.27 bits per heavy atom. The van der Waals surface area contributed by atoms with Crippen molar-refractivity contribution in [2.24, 2.45) is 5.73 Å². The fourth-order valence-corrected chi connectivity index (χ4v) is 1.58. The summed E-state index contributed by atoms with van der Waals surface area (Å²) in [5.41, 5.74) is 5.41. The second kappa shape index (κ2) is 3.78. The third-order valence-corrected chi connectivity index (χ3v) is 2.87. The van der Waals surface area contributed by atoms with E-state index in [0.717, 1.165) is 16.4 Å². The molecule has 62 valence electrons. The van der Waals surface area contributed by atoms with Crippen LogP contribution in [-0.4, -0.2) is 10.2 Å². The molecular weight excluding hydrogens is 158 g/mol. The largest absolute Gasteiger partial charge is 0.324 e. The average molecular weight is 171 g/mol. The van der Waals surface area contributed by atoms with Gasteiger partial charge in [-0.15, -0.1) is 10.2 Å². The highest BCUT2D eigenvalue weighted by Gasteiger charge is 2.08. The van der Waals surface area contributed by atoms with Crippen LogP contribution >= 0.6 is 11.3 Å². The predicted octanol–water partition coefficient (Wildman–Crippen LogP) is 1.51. The van der Waals surface area contributed by atoms with Crippen LogP contribution in [0.2, 0.25) is 0 Å². The van der Waals surface area contributed by atoms with Crippen LogP contribution in [0.3, 0.4) is 0 Å². The van der Waals surface area contributed by atoms with Gasteiger partial charge >= 0.3 is 0 Å². The molecule has 11 heavy (non-hydrogen) atoms. The van der Waals surface area contributed by atoms with Crippen molar-refractivity contribution in [1.82, 2.24) is 10.2 Å². The van der Waals surface area contributed by atoms with Crippen LogP contribution in [-0.2, 0) is 6.54 Å². The van der Waals surface area contributed by atoms with E-state index >= 15 is 0 Å². The van der Waals surface area contributed by atoms with Gasteiger partial charge in [0.15, 0.2) is 0 Å². The van der Waals surface area contributed by atoms with Crippen LogP contribution < -0.4 is 5.73 Å². The molecule has 0 saturated heterocycles. The fourth-order valence-electron chi connectivity index (χ4n) is 0.723. The zero-order chi connectivity index (χ0) is 8.27. The van der Waals surface area contributed by atoms with Crippen molar-refractivity contribution >= 4 is 11.3 Å². The van der Waals surface area contributed by atoms with E-state index in [0.29, 0.717) is 12.5 Å². The molecule has 1 aromatic rings. The predicted molar refractivity (Wildman–Crippen MR) is 46.5 cm³/mol. The van der Waals surface area contributed by atoms with Crippen molar-refractivity contribution < 1.29 is 0 Å². The Balaban J connectivity index is 2.71. The van der Waals surface area contributed by atoms with E-state index in [2.05, 4.69) is 24.0 Å². The van der Waals surface area contributed by atoms with E-state index in [1.165, 1.54) is 0 Å². The number of nitrogens with two attached hydrogens (primary N) is 1. The summed E-state index contributed by atoms with van der Waals surface area (Å²) in [4.78, 5) is 0. The molecular formula is C7H13N3S. The summed E-state index contributed by atoms with van der Waals surface area (Å²) in [6.45, 7) is 4.81. The summed E-state index contributed by atoms with van der Waals surface area (Å²) < 4.78 is 0. The second-order valence-corrected chi connectivity index (χ2v) is 3.64. The number of nitrogens with zero attached hydrogens (tertiary/aromatic N) is 2. The zero-order valence-electron chi connectivity index (χ0n) is 6.87. The first-order valence-electron chi connectivity index (χ1n) is 3.80. The Hall–Kier alpha value is -0.480. The highest BCUT2D eigenvalue weighted by Crippen LogP contribution is 2.21. The van der Waals surface area contributed by atoms with Gasteiger partial charge in [0.1, 0.15) is 10.0 Å². The molecule has 0 amide bonds. The van der Waals surface area contributed by atoms with Crippen molar-refractivity contribution in [3.05, 3.63) is 10.0 Å². The van der Waals surface area contributed by atoms with Gasteiger partial charge in [-0.2, -0.15) is 0 Å². The Labute approximate surface area is 70.6 Å². The molecule has 0 radical (unpaired) electrons. The van der Waals surface area contributed by atoms with Gasteiger partial charge in [0, 0.05) is 12.5 Å². The van der Waals surface area contributed by atoms with Crippen molar-refractivity contribution in [1.29, 1.82) is 0 Å². The molecule has 0 spiro atoms. The first kappa shape index (κ1) is 8.62. The van der Waals surface area contributed by atoms with E-state index in [1.807, 2.05) is 0 Å². The van der Waals surface area contributed by atoms with Gasteiger partial charge in [-0.3, -0.25) is 0 Å². The van der Waals surface area contributed by atoms with Crippen molar-refractivity contribution in [2.75, 3.05) is 0 Å². The van der Waals surface area contributed by atoms with E-state index < -0.39 is 0 Å². The van der Waals surface area contributed by atoms with Gasteiger partial charge in [-0.25, -0.2) is 0 Å². The number of hydrogen-bond acceptors (Lipinski definition) is 4. The minimum atomic E-state index is 0.508. The van der Waals surface area contributed by atoms with Crippen LogP contribution in [0, 0.1) is 0 Å². The Kier molecular flexibility index (Phi) is 2.96. The molecule has 1 atom stereocenters. The molecule has 1 heterocycles. The minimum Gasteiger partial charge on any atom is -0.324 e. The van der Waals surface area contributed by atoms with E-state index in [1.54, 1.807) is 11.3 Å². The molecule has 0 aliphatic rings. The van der Waals surface area contributed by atoms with Gasteiger partial charge in [-0.1, -0.05) is 25.2 Å². The summed E-state index contributed by atoms with van der Waals surface area (Å²) in [6.07, 6.45) is 1.11. The minimum absolute atomic E-state index is 0.508. The summed E-state index contributed by atoms with van der Waals surface area (Å²) in [5, 5.41) is 10.0. The maximum absolute atomic E-state index is 5.41. The van der Waals surface area contributed by atoms with Crippen LogP contribution in [0.15, 0.2) is 0 Å². The summed E-state index contributed by atoms with van der Waals surface area (Å²) in [6, 6.07) is 0. The Morgan fingerprint density at radius 3 is 2.73 bits per heavy atom. The normalized spacial score (nSPS) is 13.4. The molecule has 0 saturated carbocycles. The molecule has 0 aliphatic carbocycles.